The van der Waals surface area contributed by atoms with Gasteiger partial charge in [-0.15, -0.1) is 6.58 Å². The maximum Gasteiger partial charge on any atom is 0.249 e. The van der Waals surface area contributed by atoms with Gasteiger partial charge in [0.25, 0.3) is 0 Å². The third kappa shape index (κ3) is 5.15. The van der Waals surface area contributed by atoms with Crippen molar-refractivity contribution < 1.29 is 14.3 Å². The molecular weight excluding hydrogens is 280 g/mol. The molecule has 0 unspecified atom stereocenters. The zero-order chi connectivity index (χ0) is 15.8. The summed E-state index contributed by atoms with van der Waals surface area (Å²) in [6, 6.07) is 3.75. The summed E-state index contributed by atoms with van der Waals surface area (Å²) in [5.74, 6) is 0.492. The Kier molecular flexibility index (Phi) is 6.40. The van der Waals surface area contributed by atoms with E-state index in [-0.39, 0.29) is 12.0 Å². The quantitative estimate of drug-likeness (QED) is 0.750. The van der Waals surface area contributed by atoms with Gasteiger partial charge in [0, 0.05) is 18.8 Å². The number of amides is 1. The average molecular weight is 304 g/mol. The molecule has 120 valence electrons. The summed E-state index contributed by atoms with van der Waals surface area (Å²) in [4.78, 5) is 16.1. The number of carbonyl (C=O) groups is 1. The summed E-state index contributed by atoms with van der Waals surface area (Å²) < 4.78 is 11.2. The van der Waals surface area contributed by atoms with Crippen molar-refractivity contribution >= 4 is 5.91 Å². The lowest BCUT2D eigenvalue weighted by molar-refractivity contribution is -0.131. The van der Waals surface area contributed by atoms with Gasteiger partial charge < -0.3 is 14.8 Å². The van der Waals surface area contributed by atoms with E-state index in [1.54, 1.807) is 19.2 Å². The molecule has 0 spiro atoms. The number of ether oxygens (including phenoxy) is 2. The van der Waals surface area contributed by atoms with E-state index in [4.69, 9.17) is 9.47 Å². The second-order valence-corrected chi connectivity index (χ2v) is 5.51. The van der Waals surface area contributed by atoms with Crippen LogP contribution in [0.1, 0.15) is 38.2 Å². The summed E-state index contributed by atoms with van der Waals surface area (Å²) in [6.45, 7) is 6.08. The number of rotatable bonds is 8. The Morgan fingerprint density at radius 2 is 2.32 bits per heavy atom. The number of nitrogens with zero attached hydrogens (tertiary/aromatic N) is 1. The third-order valence-electron chi connectivity index (χ3n) is 3.69. The Morgan fingerprint density at radius 3 is 3.05 bits per heavy atom. The molecule has 1 aliphatic rings. The molecule has 1 N–H and O–H groups in total. The van der Waals surface area contributed by atoms with Crippen LogP contribution in [0.3, 0.4) is 0 Å². The van der Waals surface area contributed by atoms with Crippen LogP contribution < -0.4 is 10.1 Å². The molecule has 22 heavy (non-hydrogen) atoms. The molecule has 1 heterocycles. The summed E-state index contributed by atoms with van der Waals surface area (Å²) in [5, 5.41) is 2.85. The summed E-state index contributed by atoms with van der Waals surface area (Å²) >= 11 is 0. The van der Waals surface area contributed by atoms with Gasteiger partial charge in [-0.1, -0.05) is 6.08 Å². The Bertz CT molecular complexity index is 498. The fraction of sp³-hybridized carbons (Fsp3) is 0.529. The van der Waals surface area contributed by atoms with Crippen LogP contribution in [-0.2, 0) is 16.1 Å². The molecule has 1 saturated carbocycles. The molecule has 1 aliphatic carbocycles. The highest BCUT2D eigenvalue weighted by Crippen LogP contribution is 2.23. The van der Waals surface area contributed by atoms with Gasteiger partial charge in [0.1, 0.15) is 12.2 Å². The van der Waals surface area contributed by atoms with E-state index < -0.39 is 6.10 Å². The maximum atomic E-state index is 11.9. The van der Waals surface area contributed by atoms with E-state index in [1.165, 1.54) is 12.8 Å². The molecule has 1 aromatic heterocycles. The smallest absolute Gasteiger partial charge is 0.249 e. The SMILES string of the molecule is C=CCO[C@H](C)C(=O)NCc1ccnc(OC2CCCC2)c1. The molecule has 1 fully saturated rings. The van der Waals surface area contributed by atoms with E-state index in [2.05, 4.69) is 16.9 Å². The normalized spacial score (nSPS) is 16.2. The van der Waals surface area contributed by atoms with E-state index in [9.17, 15) is 4.79 Å². The minimum atomic E-state index is -0.492. The fourth-order valence-electron chi connectivity index (χ4n) is 2.42. The molecule has 1 atom stereocenters. The Labute approximate surface area is 131 Å². The van der Waals surface area contributed by atoms with Crippen molar-refractivity contribution in [3.05, 3.63) is 36.5 Å². The van der Waals surface area contributed by atoms with Crippen molar-refractivity contribution in [2.75, 3.05) is 6.61 Å². The molecule has 1 amide bonds. The van der Waals surface area contributed by atoms with Crippen LogP contribution in [0.25, 0.3) is 0 Å². The largest absolute Gasteiger partial charge is 0.474 e. The molecule has 0 radical (unpaired) electrons. The lowest BCUT2D eigenvalue weighted by Crippen LogP contribution is -2.34. The van der Waals surface area contributed by atoms with Gasteiger partial charge in [0.05, 0.1) is 6.61 Å². The Morgan fingerprint density at radius 1 is 1.55 bits per heavy atom. The van der Waals surface area contributed by atoms with Crippen molar-refractivity contribution in [1.29, 1.82) is 0 Å². The van der Waals surface area contributed by atoms with E-state index in [1.807, 2.05) is 12.1 Å². The van der Waals surface area contributed by atoms with Crippen LogP contribution in [0, 0.1) is 0 Å². The summed E-state index contributed by atoms with van der Waals surface area (Å²) in [7, 11) is 0. The van der Waals surface area contributed by atoms with Gasteiger partial charge in [-0.25, -0.2) is 4.98 Å². The van der Waals surface area contributed by atoms with E-state index in [0.717, 1.165) is 18.4 Å². The van der Waals surface area contributed by atoms with Gasteiger partial charge in [-0.3, -0.25) is 4.79 Å². The predicted octanol–water partition coefficient (Wildman–Crippen LogP) is 2.61. The van der Waals surface area contributed by atoms with Crippen molar-refractivity contribution in [2.24, 2.45) is 0 Å². The highest BCUT2D eigenvalue weighted by molar-refractivity contribution is 5.80. The lowest BCUT2D eigenvalue weighted by atomic mass is 10.2. The van der Waals surface area contributed by atoms with Crippen molar-refractivity contribution in [2.45, 2.75) is 51.4 Å². The first-order valence-corrected chi connectivity index (χ1v) is 7.81. The number of carbonyl (C=O) groups excluding carboxylic acids is 1. The molecular formula is C17H24N2O3. The van der Waals surface area contributed by atoms with E-state index in [0.29, 0.717) is 19.0 Å². The van der Waals surface area contributed by atoms with Gasteiger partial charge in [0.2, 0.25) is 11.8 Å². The molecule has 0 saturated heterocycles. The maximum absolute atomic E-state index is 11.9. The topological polar surface area (TPSA) is 60.5 Å². The van der Waals surface area contributed by atoms with Crippen molar-refractivity contribution in [3.63, 3.8) is 0 Å². The standard InChI is InChI=1S/C17H24N2O3/c1-3-10-21-13(2)17(20)19-12-14-8-9-18-16(11-14)22-15-6-4-5-7-15/h3,8-9,11,13,15H,1,4-7,10,12H2,2H3,(H,19,20)/t13-/m1/s1. The Balaban J connectivity index is 1.82. The van der Waals surface area contributed by atoms with Crippen LogP contribution in [0.2, 0.25) is 0 Å². The fourth-order valence-corrected chi connectivity index (χ4v) is 2.42. The Hall–Kier alpha value is -1.88. The van der Waals surface area contributed by atoms with Crippen molar-refractivity contribution in [1.82, 2.24) is 10.3 Å². The molecule has 1 aromatic rings. The van der Waals surface area contributed by atoms with Gasteiger partial charge in [0.15, 0.2) is 0 Å². The first kappa shape index (κ1) is 16.5. The number of nitrogens with one attached hydrogen (secondary N) is 1. The minimum absolute atomic E-state index is 0.142. The number of hydrogen-bond acceptors (Lipinski definition) is 4. The second kappa shape index (κ2) is 8.54. The van der Waals surface area contributed by atoms with Crippen LogP contribution in [0.15, 0.2) is 31.0 Å². The third-order valence-corrected chi connectivity index (χ3v) is 3.69. The lowest BCUT2D eigenvalue weighted by Gasteiger charge is -2.14. The van der Waals surface area contributed by atoms with Crippen LogP contribution in [0.5, 0.6) is 5.88 Å². The molecule has 0 aliphatic heterocycles. The molecule has 0 bridgehead atoms. The first-order valence-electron chi connectivity index (χ1n) is 7.81. The van der Waals surface area contributed by atoms with Crippen LogP contribution in [0.4, 0.5) is 0 Å². The zero-order valence-electron chi connectivity index (χ0n) is 13.1. The summed E-state index contributed by atoms with van der Waals surface area (Å²) in [5.41, 5.74) is 0.965. The number of hydrogen-bond donors (Lipinski definition) is 1. The van der Waals surface area contributed by atoms with Gasteiger partial charge in [-0.05, 0) is 44.2 Å². The highest BCUT2D eigenvalue weighted by Gasteiger charge is 2.17. The summed E-state index contributed by atoms with van der Waals surface area (Å²) in [6.07, 6.45) is 7.77. The molecule has 0 aromatic carbocycles. The van der Waals surface area contributed by atoms with Crippen molar-refractivity contribution in [3.8, 4) is 5.88 Å². The monoisotopic (exact) mass is 304 g/mol. The number of aromatic nitrogens is 1. The van der Waals surface area contributed by atoms with Gasteiger partial charge >= 0.3 is 0 Å². The van der Waals surface area contributed by atoms with Crippen LogP contribution >= 0.6 is 0 Å². The zero-order valence-corrected chi connectivity index (χ0v) is 13.1. The minimum Gasteiger partial charge on any atom is -0.474 e. The molecule has 5 heteroatoms. The average Bonchev–Trinajstić information content (AvgIpc) is 3.03. The number of pyridine rings is 1. The van der Waals surface area contributed by atoms with Crippen LogP contribution in [-0.4, -0.2) is 29.7 Å². The molecule has 2 rings (SSSR count). The second-order valence-electron chi connectivity index (χ2n) is 5.51. The highest BCUT2D eigenvalue weighted by atomic mass is 16.5. The molecule has 5 nitrogen and oxygen atoms in total. The van der Waals surface area contributed by atoms with E-state index >= 15 is 0 Å². The predicted molar refractivity (Wildman–Crippen MR) is 84.6 cm³/mol. The van der Waals surface area contributed by atoms with Gasteiger partial charge in [-0.2, -0.15) is 0 Å². The first-order chi connectivity index (χ1) is 10.7.